The summed E-state index contributed by atoms with van der Waals surface area (Å²) >= 11 is 6.09. The molecule has 0 aromatic carbocycles. The van der Waals surface area contributed by atoms with E-state index in [2.05, 4.69) is 30.4 Å². The molecule has 0 saturated carbocycles. The van der Waals surface area contributed by atoms with E-state index >= 15 is 0 Å². The predicted octanol–water partition coefficient (Wildman–Crippen LogP) is 1.50. The zero-order valence-electron chi connectivity index (χ0n) is 16.9. The smallest absolute Gasteiger partial charge is 0.355 e. The Labute approximate surface area is 179 Å². The Bertz CT molecular complexity index is 780. The van der Waals surface area contributed by atoms with Crippen LogP contribution in [0.3, 0.4) is 0 Å². The maximum Gasteiger partial charge on any atom is 0.417 e. The van der Waals surface area contributed by atoms with Crippen LogP contribution in [0.25, 0.3) is 0 Å². The van der Waals surface area contributed by atoms with Crippen LogP contribution in [-0.2, 0) is 6.18 Å². The van der Waals surface area contributed by atoms with E-state index in [1.54, 1.807) is 7.05 Å². The molecule has 0 amide bonds. The number of fused-ring (bicyclic) bond motifs is 3. The Kier molecular flexibility index (Phi) is 6.26. The Morgan fingerprint density at radius 3 is 2.60 bits per heavy atom. The van der Waals surface area contributed by atoms with Gasteiger partial charge in [0.25, 0.3) is 0 Å². The number of nitrogens with one attached hydrogen (secondary N) is 2. The second-order valence-corrected chi connectivity index (χ2v) is 8.45. The number of nitrogens with zero attached hydrogens (tertiary/aromatic N) is 5. The van der Waals surface area contributed by atoms with Crippen LogP contribution in [0.15, 0.2) is 17.3 Å². The number of alkyl halides is 3. The number of pyridine rings is 1. The lowest BCUT2D eigenvalue weighted by Gasteiger charge is -2.47. The number of guanidine groups is 1. The fraction of sp³-hybridized carbons (Fsp3) is 0.684. The summed E-state index contributed by atoms with van der Waals surface area (Å²) in [5.74, 6) is 1.13. The number of rotatable bonds is 4. The molecule has 1 aromatic rings. The van der Waals surface area contributed by atoms with Crippen LogP contribution in [0.4, 0.5) is 19.0 Å². The topological polar surface area (TPSA) is 59.0 Å². The Balaban J connectivity index is 1.30. The zero-order valence-corrected chi connectivity index (χ0v) is 17.7. The molecule has 0 radical (unpaired) electrons. The van der Waals surface area contributed by atoms with Crippen LogP contribution >= 0.6 is 11.6 Å². The van der Waals surface area contributed by atoms with Gasteiger partial charge in [-0.25, -0.2) is 4.98 Å². The number of hydrogen-bond donors (Lipinski definition) is 2. The molecular formula is C19H27ClF3N7. The first-order chi connectivity index (χ1) is 14.3. The summed E-state index contributed by atoms with van der Waals surface area (Å²) in [6, 6.07) is 1.54. The van der Waals surface area contributed by atoms with E-state index < -0.39 is 11.7 Å². The molecule has 5 rings (SSSR count). The van der Waals surface area contributed by atoms with E-state index in [1.807, 2.05) is 4.90 Å². The van der Waals surface area contributed by atoms with E-state index in [0.717, 1.165) is 63.9 Å². The standard InChI is InChI=1S/C19H27ClF3N7/c1-24-18(26-10-15-12-28-4-6-29(15)7-5-28)27-14-2-3-30(11-14)17-16(20)8-13(9-25-17)19(21,22)23/h8-9,14-15H,2-7,10-12H2,1H3,(H2,24,26,27). The highest BCUT2D eigenvalue weighted by Gasteiger charge is 2.34. The number of halogens is 4. The molecule has 1 aromatic heterocycles. The van der Waals surface area contributed by atoms with Crippen molar-refractivity contribution in [3.63, 3.8) is 0 Å². The third-order valence-electron chi connectivity index (χ3n) is 6.10. The fourth-order valence-corrected chi connectivity index (χ4v) is 4.70. The molecule has 30 heavy (non-hydrogen) atoms. The van der Waals surface area contributed by atoms with Gasteiger partial charge >= 0.3 is 6.18 Å². The first kappa shape index (κ1) is 21.5. The van der Waals surface area contributed by atoms with Crippen molar-refractivity contribution >= 4 is 23.4 Å². The Morgan fingerprint density at radius 1 is 1.23 bits per heavy atom. The molecule has 4 fully saturated rings. The molecule has 2 N–H and O–H groups in total. The normalized spacial score (nSPS) is 29.4. The number of anilines is 1. The van der Waals surface area contributed by atoms with Gasteiger partial charge in [0.05, 0.1) is 10.6 Å². The van der Waals surface area contributed by atoms with Gasteiger partial charge in [-0.3, -0.25) is 14.8 Å². The summed E-state index contributed by atoms with van der Waals surface area (Å²) in [4.78, 5) is 15.2. The SMILES string of the molecule is CN=C(NCC1CN2CCN1CC2)NC1CCN(c2ncc(C(F)(F)F)cc2Cl)C1. The highest BCUT2D eigenvalue weighted by Crippen LogP contribution is 2.34. The van der Waals surface area contributed by atoms with Crippen LogP contribution in [-0.4, -0.2) is 92.2 Å². The van der Waals surface area contributed by atoms with Gasteiger partial charge in [-0.15, -0.1) is 0 Å². The summed E-state index contributed by atoms with van der Waals surface area (Å²) < 4.78 is 38.5. The van der Waals surface area contributed by atoms with Crippen molar-refractivity contribution in [2.45, 2.75) is 24.7 Å². The average molecular weight is 446 g/mol. The van der Waals surface area contributed by atoms with Crippen LogP contribution in [0.5, 0.6) is 0 Å². The molecule has 166 valence electrons. The Hall–Kier alpha value is -1.78. The Morgan fingerprint density at radius 2 is 2.00 bits per heavy atom. The second kappa shape index (κ2) is 8.76. The molecule has 4 aliphatic heterocycles. The average Bonchev–Trinajstić information content (AvgIpc) is 3.19. The summed E-state index contributed by atoms with van der Waals surface area (Å²) in [7, 11) is 1.74. The highest BCUT2D eigenvalue weighted by molar-refractivity contribution is 6.33. The van der Waals surface area contributed by atoms with E-state index in [0.29, 0.717) is 24.9 Å². The molecule has 2 atom stereocenters. The summed E-state index contributed by atoms with van der Waals surface area (Å²) in [6.45, 7) is 7.73. The van der Waals surface area contributed by atoms with Gasteiger partial charge in [0.1, 0.15) is 5.82 Å². The minimum atomic E-state index is -4.45. The van der Waals surface area contributed by atoms with E-state index in [1.165, 1.54) is 0 Å². The molecule has 0 spiro atoms. The predicted molar refractivity (Wildman–Crippen MR) is 111 cm³/mol. The molecule has 7 nitrogen and oxygen atoms in total. The third-order valence-corrected chi connectivity index (χ3v) is 6.38. The van der Waals surface area contributed by atoms with Gasteiger partial charge in [-0.05, 0) is 12.5 Å². The molecule has 2 unspecified atom stereocenters. The lowest BCUT2D eigenvalue weighted by atomic mass is 10.1. The minimum Gasteiger partial charge on any atom is -0.355 e. The first-order valence-corrected chi connectivity index (χ1v) is 10.6. The monoisotopic (exact) mass is 445 g/mol. The largest absolute Gasteiger partial charge is 0.417 e. The van der Waals surface area contributed by atoms with Crippen molar-refractivity contribution in [3.05, 3.63) is 22.8 Å². The van der Waals surface area contributed by atoms with E-state index in [9.17, 15) is 13.2 Å². The van der Waals surface area contributed by atoms with Gasteiger partial charge in [0.15, 0.2) is 5.96 Å². The van der Waals surface area contributed by atoms with E-state index in [-0.39, 0.29) is 11.1 Å². The van der Waals surface area contributed by atoms with Gasteiger partial charge in [-0.2, -0.15) is 13.2 Å². The van der Waals surface area contributed by atoms with Crippen molar-refractivity contribution in [3.8, 4) is 0 Å². The van der Waals surface area contributed by atoms with Crippen LogP contribution < -0.4 is 15.5 Å². The number of aromatic nitrogens is 1. The van der Waals surface area contributed by atoms with Gasteiger partial charge in [0, 0.05) is 77.7 Å². The lowest BCUT2D eigenvalue weighted by Crippen LogP contribution is -2.64. The molecule has 11 heteroatoms. The van der Waals surface area contributed by atoms with Crippen LogP contribution in [0.1, 0.15) is 12.0 Å². The van der Waals surface area contributed by atoms with Gasteiger partial charge in [-0.1, -0.05) is 11.6 Å². The first-order valence-electron chi connectivity index (χ1n) is 10.2. The summed E-state index contributed by atoms with van der Waals surface area (Å²) in [5, 5.41) is 6.86. The number of piperazine rings is 3. The summed E-state index contributed by atoms with van der Waals surface area (Å²) in [6.07, 6.45) is -2.79. The number of hydrogen-bond acceptors (Lipinski definition) is 5. The number of aliphatic imine (C=N–C) groups is 1. The molecule has 4 aliphatic rings. The van der Waals surface area contributed by atoms with E-state index in [4.69, 9.17) is 11.6 Å². The maximum atomic E-state index is 12.8. The molecular weight excluding hydrogens is 419 g/mol. The zero-order chi connectivity index (χ0) is 21.3. The van der Waals surface area contributed by atoms with Crippen molar-refractivity contribution < 1.29 is 13.2 Å². The van der Waals surface area contributed by atoms with Crippen LogP contribution in [0, 0.1) is 0 Å². The van der Waals surface area contributed by atoms with Gasteiger partial charge in [0.2, 0.25) is 0 Å². The second-order valence-electron chi connectivity index (χ2n) is 8.05. The maximum absolute atomic E-state index is 12.8. The van der Waals surface area contributed by atoms with Crippen molar-refractivity contribution in [1.82, 2.24) is 25.4 Å². The fourth-order valence-electron chi connectivity index (χ4n) is 4.41. The lowest BCUT2D eigenvalue weighted by molar-refractivity contribution is -0.137. The van der Waals surface area contributed by atoms with Crippen molar-refractivity contribution in [2.75, 3.05) is 64.3 Å². The highest BCUT2D eigenvalue weighted by atomic mass is 35.5. The quantitative estimate of drug-likeness (QED) is 0.541. The van der Waals surface area contributed by atoms with Crippen LogP contribution in [0.2, 0.25) is 5.02 Å². The molecule has 4 saturated heterocycles. The third kappa shape index (κ3) is 4.76. The van der Waals surface area contributed by atoms with Crippen molar-refractivity contribution in [2.24, 2.45) is 4.99 Å². The molecule has 2 bridgehead atoms. The van der Waals surface area contributed by atoms with Crippen molar-refractivity contribution in [1.29, 1.82) is 0 Å². The van der Waals surface area contributed by atoms with Gasteiger partial charge < -0.3 is 15.5 Å². The molecule has 5 heterocycles. The molecule has 0 aliphatic carbocycles. The summed E-state index contributed by atoms with van der Waals surface area (Å²) in [5.41, 5.74) is -0.835. The minimum absolute atomic E-state index is 0.0179.